The Morgan fingerprint density at radius 2 is 1.97 bits per heavy atom. The second-order valence-corrected chi connectivity index (χ2v) is 8.71. The second kappa shape index (κ2) is 11.6. The summed E-state index contributed by atoms with van der Waals surface area (Å²) in [6.45, 7) is 2.28. The van der Waals surface area contributed by atoms with Crippen molar-refractivity contribution in [2.45, 2.75) is 10.9 Å². The van der Waals surface area contributed by atoms with E-state index in [9.17, 15) is 9.00 Å². The molecule has 2 heterocycles. The fraction of sp³-hybridized carbons (Fsp3) is 0.333. The molecule has 1 aliphatic heterocycles. The third-order valence-corrected chi connectivity index (χ3v) is 6.42. The van der Waals surface area contributed by atoms with Gasteiger partial charge in [0.2, 0.25) is 0 Å². The van der Waals surface area contributed by atoms with Crippen molar-refractivity contribution in [1.82, 2.24) is 20.2 Å². The summed E-state index contributed by atoms with van der Waals surface area (Å²) < 4.78 is 20.4. The summed E-state index contributed by atoms with van der Waals surface area (Å²) in [5, 5.41) is 11.1. The van der Waals surface area contributed by atoms with Gasteiger partial charge in [-0.2, -0.15) is 14.1 Å². The predicted octanol–water partition coefficient (Wildman–Crippen LogP) is 1.62. The molecule has 3 rings (SSSR count). The number of hydrogen-bond acceptors (Lipinski definition) is 8. The van der Waals surface area contributed by atoms with Crippen LogP contribution in [0, 0.1) is 0 Å². The molecular formula is C18H22ClN5O4S2. The number of hydrogen-bond donors (Lipinski definition) is 3. The number of hydroxylamine groups is 3. The number of piperazine rings is 1. The lowest BCUT2D eigenvalue weighted by Crippen LogP contribution is -2.50. The Bertz CT molecular complexity index is 838. The van der Waals surface area contributed by atoms with Gasteiger partial charge in [0.25, 0.3) is 17.2 Å². The van der Waals surface area contributed by atoms with Crippen molar-refractivity contribution >= 4 is 46.4 Å². The largest absolute Gasteiger partial charge is 0.354 e. The summed E-state index contributed by atoms with van der Waals surface area (Å²) in [6, 6.07) is 12.2. The van der Waals surface area contributed by atoms with Crippen molar-refractivity contribution < 1.29 is 18.5 Å². The van der Waals surface area contributed by atoms with Crippen molar-refractivity contribution in [1.29, 1.82) is 0 Å². The van der Waals surface area contributed by atoms with Gasteiger partial charge in [-0.15, -0.1) is 11.8 Å². The van der Waals surface area contributed by atoms with Crippen LogP contribution in [0.25, 0.3) is 0 Å². The molecule has 1 fully saturated rings. The van der Waals surface area contributed by atoms with Gasteiger partial charge in [0, 0.05) is 43.0 Å². The molecule has 3 N–H and O–H groups in total. The molecule has 0 bridgehead atoms. The molecule has 162 valence electrons. The van der Waals surface area contributed by atoms with Crippen molar-refractivity contribution in [3.05, 3.63) is 53.7 Å². The number of halogens is 1. The van der Waals surface area contributed by atoms with Gasteiger partial charge in [-0.3, -0.25) is 10.0 Å². The Kier molecular flexibility index (Phi) is 8.88. The highest BCUT2D eigenvalue weighted by atomic mass is 35.5. The van der Waals surface area contributed by atoms with E-state index in [4.69, 9.17) is 21.1 Å². The molecular weight excluding hydrogens is 450 g/mol. The van der Waals surface area contributed by atoms with Crippen molar-refractivity contribution in [3.63, 3.8) is 0 Å². The third kappa shape index (κ3) is 6.91. The van der Waals surface area contributed by atoms with Gasteiger partial charge >= 0.3 is 0 Å². The zero-order valence-electron chi connectivity index (χ0n) is 15.9. The monoisotopic (exact) mass is 471 g/mol. The molecule has 30 heavy (non-hydrogen) atoms. The van der Waals surface area contributed by atoms with Crippen LogP contribution in [0.2, 0.25) is 5.02 Å². The second-order valence-electron chi connectivity index (χ2n) is 6.33. The standard InChI is InChI=1S/C18H22ClN5O4S2/c19-14-6-7-17(20-12-14)23-8-10-24(11-9-23)28-30(27)22-16(18(25)21-26)13-29-15-4-2-1-3-5-15/h1-7,12,16,22,26H,8-11,13H2,(H,21,25). The molecule has 1 aromatic heterocycles. The van der Waals surface area contributed by atoms with Crippen LogP contribution in [0.3, 0.4) is 0 Å². The number of carbonyl (C=O) groups excluding carboxylic acids is 1. The lowest BCUT2D eigenvalue weighted by molar-refractivity contribution is -0.130. The van der Waals surface area contributed by atoms with Gasteiger partial charge in [-0.05, 0) is 24.3 Å². The van der Waals surface area contributed by atoms with E-state index in [2.05, 4.69) is 14.6 Å². The highest BCUT2D eigenvalue weighted by Gasteiger charge is 2.24. The molecule has 0 aliphatic carbocycles. The Balaban J connectivity index is 1.46. The molecule has 0 spiro atoms. The molecule has 1 saturated heterocycles. The fourth-order valence-corrected chi connectivity index (χ4v) is 4.68. The number of nitrogens with one attached hydrogen (secondary N) is 2. The van der Waals surface area contributed by atoms with Crippen molar-refractivity contribution in [2.75, 3.05) is 36.8 Å². The van der Waals surface area contributed by atoms with E-state index in [0.29, 0.717) is 31.2 Å². The number of carbonyl (C=O) groups is 1. The molecule has 1 amide bonds. The lowest BCUT2D eigenvalue weighted by Gasteiger charge is -2.33. The van der Waals surface area contributed by atoms with Crippen molar-refractivity contribution in [3.8, 4) is 0 Å². The SMILES string of the molecule is O=C(NO)C(CSc1ccccc1)NS(=O)ON1CCN(c2ccc(Cl)cn2)CC1. The maximum Gasteiger partial charge on any atom is 0.262 e. The average molecular weight is 472 g/mol. The summed E-state index contributed by atoms with van der Waals surface area (Å²) >= 11 is 5.32. The van der Waals surface area contributed by atoms with Crippen LogP contribution in [0.15, 0.2) is 53.6 Å². The van der Waals surface area contributed by atoms with E-state index in [1.54, 1.807) is 22.8 Å². The summed E-state index contributed by atoms with van der Waals surface area (Å²) in [4.78, 5) is 19.2. The van der Waals surface area contributed by atoms with E-state index in [1.807, 2.05) is 36.4 Å². The molecule has 9 nitrogen and oxygen atoms in total. The van der Waals surface area contributed by atoms with Crippen molar-refractivity contribution in [2.24, 2.45) is 0 Å². The topological polar surface area (TPSA) is 107 Å². The Morgan fingerprint density at radius 1 is 1.23 bits per heavy atom. The van der Waals surface area contributed by atoms with E-state index in [0.717, 1.165) is 10.7 Å². The highest BCUT2D eigenvalue weighted by Crippen LogP contribution is 2.19. The van der Waals surface area contributed by atoms with Gasteiger partial charge in [0.1, 0.15) is 11.9 Å². The number of pyridine rings is 1. The number of benzene rings is 1. The van der Waals surface area contributed by atoms with Gasteiger partial charge in [0.15, 0.2) is 0 Å². The zero-order valence-corrected chi connectivity index (χ0v) is 18.3. The van der Waals surface area contributed by atoms with E-state index >= 15 is 0 Å². The zero-order chi connectivity index (χ0) is 21.3. The van der Waals surface area contributed by atoms with E-state index in [1.165, 1.54) is 11.8 Å². The van der Waals surface area contributed by atoms with Crippen LogP contribution in [-0.4, -0.2) is 63.3 Å². The molecule has 1 aliphatic rings. The lowest BCUT2D eigenvalue weighted by atomic mass is 10.3. The van der Waals surface area contributed by atoms with Crippen LogP contribution in [-0.2, 0) is 20.3 Å². The maximum absolute atomic E-state index is 12.4. The predicted molar refractivity (Wildman–Crippen MR) is 116 cm³/mol. The van der Waals surface area contributed by atoms with Crippen LogP contribution >= 0.6 is 23.4 Å². The first-order valence-corrected chi connectivity index (χ1v) is 11.6. The minimum Gasteiger partial charge on any atom is -0.354 e. The van der Waals surface area contributed by atoms with E-state index < -0.39 is 23.2 Å². The molecule has 1 aromatic carbocycles. The smallest absolute Gasteiger partial charge is 0.262 e. The first kappa shape index (κ1) is 22.9. The summed E-state index contributed by atoms with van der Waals surface area (Å²) in [5.74, 6) is 0.395. The number of thioether (sulfide) groups is 1. The summed E-state index contributed by atoms with van der Waals surface area (Å²) in [6.07, 6.45) is 1.60. The third-order valence-electron chi connectivity index (χ3n) is 4.27. The average Bonchev–Trinajstić information content (AvgIpc) is 2.78. The normalized spacial score (nSPS) is 16.8. The Morgan fingerprint density at radius 3 is 2.60 bits per heavy atom. The number of aromatic nitrogens is 1. The van der Waals surface area contributed by atoms with Crippen LogP contribution in [0.4, 0.5) is 5.82 Å². The van der Waals surface area contributed by atoms with Gasteiger partial charge < -0.3 is 4.90 Å². The van der Waals surface area contributed by atoms with E-state index in [-0.39, 0.29) is 5.75 Å². The molecule has 12 heteroatoms. The van der Waals surface area contributed by atoms with Crippen LogP contribution in [0.1, 0.15) is 0 Å². The fourth-order valence-electron chi connectivity index (χ4n) is 2.72. The first-order chi connectivity index (χ1) is 14.5. The van der Waals surface area contributed by atoms with Gasteiger partial charge in [-0.1, -0.05) is 29.8 Å². The minimum atomic E-state index is -1.95. The Labute approximate surface area is 186 Å². The number of rotatable bonds is 9. The summed E-state index contributed by atoms with van der Waals surface area (Å²) in [5.41, 5.74) is 1.60. The maximum atomic E-state index is 12.4. The quantitative estimate of drug-likeness (QED) is 0.288. The highest BCUT2D eigenvalue weighted by molar-refractivity contribution is 7.99. The number of nitrogens with zero attached hydrogens (tertiary/aromatic N) is 3. The minimum absolute atomic E-state index is 0.265. The molecule has 2 unspecified atom stereocenters. The molecule has 0 saturated carbocycles. The number of anilines is 1. The molecule has 2 aromatic rings. The number of amides is 1. The molecule has 2 atom stereocenters. The summed E-state index contributed by atoms with van der Waals surface area (Å²) in [7, 11) is 0. The van der Waals surface area contributed by atoms with Gasteiger partial charge in [0.05, 0.1) is 5.02 Å². The van der Waals surface area contributed by atoms with Crippen LogP contribution in [0.5, 0.6) is 0 Å². The van der Waals surface area contributed by atoms with Crippen LogP contribution < -0.4 is 15.1 Å². The van der Waals surface area contributed by atoms with Gasteiger partial charge in [-0.25, -0.2) is 14.7 Å². The first-order valence-electron chi connectivity index (χ1n) is 9.15. The Hall–Kier alpha value is -1.73. The molecule has 0 radical (unpaired) electrons.